The van der Waals surface area contributed by atoms with Gasteiger partial charge in [0.1, 0.15) is 5.69 Å². The largest absolute Gasteiger partial charge is 0.435 e. The first-order valence-electron chi connectivity index (χ1n) is 7.13. The van der Waals surface area contributed by atoms with Crippen molar-refractivity contribution in [1.29, 1.82) is 0 Å². The summed E-state index contributed by atoms with van der Waals surface area (Å²) >= 11 is 0. The summed E-state index contributed by atoms with van der Waals surface area (Å²) in [5.74, 6) is -1.45. The Morgan fingerprint density at radius 3 is 2.29 bits per heavy atom. The van der Waals surface area contributed by atoms with Crippen molar-refractivity contribution in [3.63, 3.8) is 0 Å². The zero-order chi connectivity index (χ0) is 17.5. The highest BCUT2D eigenvalue weighted by atomic mass is 19.4. The summed E-state index contributed by atoms with van der Waals surface area (Å²) in [5, 5.41) is 5.13. The summed E-state index contributed by atoms with van der Waals surface area (Å²) in [6.07, 6.45) is -3.31. The molecule has 3 rings (SSSR count). The lowest BCUT2D eigenvalue weighted by Gasteiger charge is -2.10. The Bertz CT molecular complexity index is 897. The summed E-state index contributed by atoms with van der Waals surface area (Å²) in [5.41, 5.74) is 1.72. The van der Waals surface area contributed by atoms with Crippen molar-refractivity contribution in [3.8, 4) is 22.5 Å². The van der Waals surface area contributed by atoms with Crippen LogP contribution in [0.2, 0.25) is 0 Å². The van der Waals surface area contributed by atoms with Gasteiger partial charge in [-0.25, -0.2) is 4.39 Å². The lowest BCUT2D eigenvalue weighted by molar-refractivity contribution is -0.143. The zero-order valence-electron chi connectivity index (χ0n) is 12.9. The van der Waals surface area contributed by atoms with Gasteiger partial charge in [0.15, 0.2) is 11.5 Å². The fourth-order valence-electron chi connectivity index (χ4n) is 2.53. The monoisotopic (exact) mass is 335 g/mol. The Kier molecular flexibility index (Phi) is 3.87. The smallest absolute Gasteiger partial charge is 0.270 e. The van der Waals surface area contributed by atoms with E-state index in [0.717, 1.165) is 22.3 Å². The van der Waals surface area contributed by atoms with Crippen molar-refractivity contribution in [1.82, 2.24) is 15.2 Å². The molecule has 3 nitrogen and oxygen atoms in total. The van der Waals surface area contributed by atoms with Gasteiger partial charge in [0, 0.05) is 11.8 Å². The number of halogens is 4. The van der Waals surface area contributed by atoms with Gasteiger partial charge in [-0.05, 0) is 36.6 Å². The number of aromatic amines is 1. The van der Waals surface area contributed by atoms with E-state index in [1.54, 1.807) is 12.0 Å². The van der Waals surface area contributed by atoms with Crippen molar-refractivity contribution in [2.24, 2.45) is 0 Å². The highest BCUT2D eigenvalue weighted by molar-refractivity contribution is 5.72. The minimum absolute atomic E-state index is 0.0501. The number of nitrogens with zero attached hydrogens (tertiary/aromatic N) is 2. The van der Waals surface area contributed by atoms with Gasteiger partial charge in [0.2, 0.25) is 0 Å². The van der Waals surface area contributed by atoms with Gasteiger partial charge in [-0.1, -0.05) is 24.3 Å². The third-order valence-corrected chi connectivity index (χ3v) is 3.78. The first kappa shape index (κ1) is 16.2. The molecule has 0 amide bonds. The van der Waals surface area contributed by atoms with E-state index < -0.39 is 23.4 Å². The normalized spacial score (nSPS) is 11.8. The van der Waals surface area contributed by atoms with Crippen molar-refractivity contribution < 1.29 is 17.6 Å². The van der Waals surface area contributed by atoms with Crippen LogP contribution < -0.4 is 0 Å². The first-order valence-corrected chi connectivity index (χ1v) is 7.13. The average Bonchev–Trinajstić information content (AvgIpc) is 2.90. The number of H-pyrrole nitrogens is 1. The zero-order valence-corrected chi connectivity index (χ0v) is 12.9. The highest BCUT2D eigenvalue weighted by Gasteiger charge is 2.38. The van der Waals surface area contributed by atoms with E-state index in [0.29, 0.717) is 0 Å². The van der Waals surface area contributed by atoms with Crippen LogP contribution in [0.1, 0.15) is 16.8 Å². The minimum atomic E-state index is -4.83. The second-order valence-corrected chi connectivity index (χ2v) is 5.46. The summed E-state index contributed by atoms with van der Waals surface area (Å²) in [6.45, 7) is 3.74. The number of aromatic nitrogens is 3. The molecule has 0 saturated carbocycles. The molecule has 24 heavy (non-hydrogen) atoms. The van der Waals surface area contributed by atoms with Crippen LogP contribution in [0.15, 0.2) is 36.5 Å². The van der Waals surface area contributed by atoms with E-state index in [2.05, 4.69) is 10.1 Å². The lowest BCUT2D eigenvalue weighted by atomic mass is 9.98. The fraction of sp³-hybridized carbons (Fsp3) is 0.176. The Labute approximate surface area is 135 Å². The third kappa shape index (κ3) is 2.77. The van der Waals surface area contributed by atoms with Gasteiger partial charge in [-0.3, -0.25) is 10.1 Å². The summed E-state index contributed by atoms with van der Waals surface area (Å²) < 4.78 is 51.9. The summed E-state index contributed by atoms with van der Waals surface area (Å²) in [6, 6.07) is 9.20. The second-order valence-electron chi connectivity index (χ2n) is 5.46. The summed E-state index contributed by atoms with van der Waals surface area (Å²) in [7, 11) is 0. The molecule has 0 spiro atoms. The quantitative estimate of drug-likeness (QED) is 0.676. The van der Waals surface area contributed by atoms with Crippen molar-refractivity contribution in [3.05, 3.63) is 59.2 Å². The van der Waals surface area contributed by atoms with Crippen LogP contribution >= 0.6 is 0 Å². The fourth-order valence-corrected chi connectivity index (χ4v) is 2.53. The average molecular weight is 335 g/mol. The molecule has 1 aromatic carbocycles. The lowest BCUT2D eigenvalue weighted by Crippen LogP contribution is -2.07. The Balaban J connectivity index is 2.06. The van der Waals surface area contributed by atoms with E-state index in [9.17, 15) is 17.6 Å². The van der Waals surface area contributed by atoms with Crippen LogP contribution in [0, 0.1) is 19.7 Å². The minimum Gasteiger partial charge on any atom is -0.270 e. The molecule has 3 aromatic rings. The van der Waals surface area contributed by atoms with Gasteiger partial charge < -0.3 is 0 Å². The van der Waals surface area contributed by atoms with Crippen LogP contribution in [0.3, 0.4) is 0 Å². The van der Waals surface area contributed by atoms with E-state index in [-0.39, 0.29) is 5.69 Å². The molecule has 0 saturated heterocycles. The molecule has 0 unspecified atom stereocenters. The van der Waals surface area contributed by atoms with Crippen LogP contribution in [0.25, 0.3) is 22.5 Å². The third-order valence-electron chi connectivity index (χ3n) is 3.78. The topological polar surface area (TPSA) is 41.6 Å². The maximum Gasteiger partial charge on any atom is 0.435 e. The summed E-state index contributed by atoms with van der Waals surface area (Å²) in [4.78, 5) is 4.09. The van der Waals surface area contributed by atoms with Gasteiger partial charge >= 0.3 is 6.18 Å². The molecule has 1 N–H and O–H groups in total. The van der Waals surface area contributed by atoms with Crippen molar-refractivity contribution >= 4 is 0 Å². The standard InChI is InChI=1S/C17H13F4N3/c1-9-5-3-4-6-11(9)12-8-22-13(7-10(12)2)15-14(18)16(24-23-15)17(19,20)21/h3-8H,1-2H3,(H,23,24). The van der Waals surface area contributed by atoms with Crippen molar-refractivity contribution in [2.75, 3.05) is 0 Å². The van der Waals surface area contributed by atoms with E-state index in [1.165, 1.54) is 12.3 Å². The number of rotatable bonds is 2. The predicted molar refractivity (Wildman–Crippen MR) is 81.7 cm³/mol. The number of aryl methyl sites for hydroxylation is 2. The van der Waals surface area contributed by atoms with E-state index >= 15 is 0 Å². The maximum atomic E-state index is 14.0. The maximum absolute atomic E-state index is 14.0. The van der Waals surface area contributed by atoms with Gasteiger partial charge in [0.05, 0.1) is 5.69 Å². The molecule has 0 radical (unpaired) electrons. The number of benzene rings is 1. The molecular formula is C17H13F4N3. The molecule has 0 aliphatic carbocycles. The van der Waals surface area contributed by atoms with Crippen LogP contribution in [0.4, 0.5) is 17.6 Å². The molecule has 2 aromatic heterocycles. The molecule has 7 heteroatoms. The van der Waals surface area contributed by atoms with Crippen LogP contribution in [-0.4, -0.2) is 15.2 Å². The number of alkyl halides is 3. The molecular weight excluding hydrogens is 322 g/mol. The van der Waals surface area contributed by atoms with Gasteiger partial charge in [-0.15, -0.1) is 0 Å². The Morgan fingerprint density at radius 1 is 1.00 bits per heavy atom. The Hall–Kier alpha value is -2.70. The number of hydrogen-bond donors (Lipinski definition) is 1. The molecule has 0 aliphatic heterocycles. The molecule has 0 bridgehead atoms. The second kappa shape index (κ2) is 5.74. The van der Waals surface area contributed by atoms with Crippen LogP contribution in [-0.2, 0) is 6.18 Å². The number of pyridine rings is 1. The molecule has 0 atom stereocenters. The van der Waals surface area contributed by atoms with Gasteiger partial charge in [-0.2, -0.15) is 18.3 Å². The first-order chi connectivity index (χ1) is 11.3. The molecule has 2 heterocycles. The predicted octanol–water partition coefficient (Wildman–Crippen LogP) is 4.91. The SMILES string of the molecule is Cc1ccccc1-c1cnc(-c2n[nH]c(C(F)(F)F)c2F)cc1C. The molecule has 0 fully saturated rings. The number of nitrogens with one attached hydrogen (secondary N) is 1. The van der Waals surface area contributed by atoms with E-state index in [1.807, 2.05) is 31.2 Å². The van der Waals surface area contributed by atoms with E-state index in [4.69, 9.17) is 0 Å². The van der Waals surface area contributed by atoms with Crippen molar-refractivity contribution in [2.45, 2.75) is 20.0 Å². The van der Waals surface area contributed by atoms with Gasteiger partial charge in [0.25, 0.3) is 0 Å². The number of hydrogen-bond acceptors (Lipinski definition) is 2. The molecule has 0 aliphatic rings. The highest BCUT2D eigenvalue weighted by Crippen LogP contribution is 2.34. The van der Waals surface area contributed by atoms with Crippen LogP contribution in [0.5, 0.6) is 0 Å². The molecule has 124 valence electrons. The Morgan fingerprint density at radius 2 is 1.71 bits per heavy atom.